The predicted molar refractivity (Wildman–Crippen MR) is 70.4 cm³/mol. The number of aryl methyl sites for hydroxylation is 1. The van der Waals surface area contributed by atoms with Crippen LogP contribution < -0.4 is 4.74 Å². The number of carbonyl (C=O) groups is 1. The molecule has 0 spiro atoms. The average Bonchev–Trinajstić information content (AvgIpc) is 2.94. The Balaban J connectivity index is 1.92. The lowest BCUT2D eigenvalue weighted by Gasteiger charge is -2.05. The van der Waals surface area contributed by atoms with Crippen molar-refractivity contribution in [3.05, 3.63) is 41.5 Å². The second kappa shape index (κ2) is 6.70. The highest BCUT2D eigenvalue weighted by Gasteiger charge is 2.07. The van der Waals surface area contributed by atoms with Crippen LogP contribution in [0.25, 0.3) is 0 Å². The van der Waals surface area contributed by atoms with Crippen molar-refractivity contribution < 1.29 is 18.8 Å². The highest BCUT2D eigenvalue weighted by atomic mass is 16.5. The van der Waals surface area contributed by atoms with E-state index in [1.807, 2.05) is 6.92 Å². The Bertz CT molecular complexity index is 563. The van der Waals surface area contributed by atoms with Crippen LogP contribution in [0.5, 0.6) is 5.75 Å². The molecule has 0 unspecified atom stereocenters. The molecule has 20 heavy (non-hydrogen) atoms. The van der Waals surface area contributed by atoms with Gasteiger partial charge in [-0.3, -0.25) is 0 Å². The number of carbonyl (C=O) groups excluding carboxylic acids is 1. The number of hydrogen-bond acceptors (Lipinski definition) is 6. The number of benzene rings is 1. The normalized spacial score (nSPS) is 10.3. The molecule has 1 aromatic heterocycles. The highest BCUT2D eigenvalue weighted by Crippen LogP contribution is 2.14. The zero-order chi connectivity index (χ0) is 14.4. The van der Waals surface area contributed by atoms with Gasteiger partial charge in [-0.05, 0) is 31.2 Å². The van der Waals surface area contributed by atoms with E-state index in [9.17, 15) is 4.79 Å². The zero-order valence-corrected chi connectivity index (χ0v) is 11.5. The third kappa shape index (κ3) is 3.57. The van der Waals surface area contributed by atoms with Crippen molar-refractivity contribution in [2.75, 3.05) is 6.61 Å². The summed E-state index contributed by atoms with van der Waals surface area (Å²) < 4.78 is 15.4. The third-order valence-corrected chi connectivity index (χ3v) is 2.55. The van der Waals surface area contributed by atoms with Gasteiger partial charge in [0.15, 0.2) is 6.61 Å². The first-order valence-corrected chi connectivity index (χ1v) is 6.44. The van der Waals surface area contributed by atoms with E-state index >= 15 is 0 Å². The molecular formula is C14H16N2O4. The van der Waals surface area contributed by atoms with Gasteiger partial charge in [0.1, 0.15) is 5.75 Å². The lowest BCUT2D eigenvalue weighted by Crippen LogP contribution is -2.04. The maximum atomic E-state index is 11.5. The highest BCUT2D eigenvalue weighted by molar-refractivity contribution is 5.89. The fourth-order valence-electron chi connectivity index (χ4n) is 1.54. The number of nitrogens with zero attached hydrogens (tertiary/aromatic N) is 2. The standard InChI is InChI=1S/C14H16N2O4/c1-3-13-15-12(16-20-13)9-19-11-7-5-10(6-8-11)14(17)18-4-2/h5-8H,3-4,9H2,1-2H3. The van der Waals surface area contributed by atoms with E-state index in [4.69, 9.17) is 14.0 Å². The van der Waals surface area contributed by atoms with Crippen LogP contribution in [-0.2, 0) is 17.8 Å². The molecule has 6 nitrogen and oxygen atoms in total. The summed E-state index contributed by atoms with van der Waals surface area (Å²) in [5, 5.41) is 3.79. The Hall–Kier alpha value is -2.37. The summed E-state index contributed by atoms with van der Waals surface area (Å²) in [6.07, 6.45) is 0.696. The Morgan fingerprint density at radius 3 is 2.60 bits per heavy atom. The van der Waals surface area contributed by atoms with Gasteiger partial charge in [0.05, 0.1) is 12.2 Å². The second-order valence-corrected chi connectivity index (χ2v) is 3.99. The van der Waals surface area contributed by atoms with Crippen molar-refractivity contribution in [3.63, 3.8) is 0 Å². The Labute approximate surface area is 116 Å². The van der Waals surface area contributed by atoms with E-state index < -0.39 is 0 Å². The molecule has 0 aliphatic carbocycles. The van der Waals surface area contributed by atoms with Crippen LogP contribution in [-0.4, -0.2) is 22.7 Å². The molecule has 0 amide bonds. The number of ether oxygens (including phenoxy) is 2. The number of hydrogen-bond donors (Lipinski definition) is 0. The Morgan fingerprint density at radius 1 is 1.25 bits per heavy atom. The second-order valence-electron chi connectivity index (χ2n) is 3.99. The van der Waals surface area contributed by atoms with Crippen molar-refractivity contribution in [3.8, 4) is 5.75 Å². The topological polar surface area (TPSA) is 74.5 Å². The molecule has 106 valence electrons. The van der Waals surface area contributed by atoms with E-state index in [0.29, 0.717) is 36.1 Å². The Kier molecular flexibility index (Phi) is 4.70. The molecule has 2 rings (SSSR count). The summed E-state index contributed by atoms with van der Waals surface area (Å²) in [4.78, 5) is 15.6. The van der Waals surface area contributed by atoms with Crippen LogP contribution in [0.3, 0.4) is 0 Å². The van der Waals surface area contributed by atoms with Crippen LogP contribution in [0.1, 0.15) is 35.9 Å². The molecule has 0 aliphatic heterocycles. The molecule has 0 saturated carbocycles. The third-order valence-electron chi connectivity index (χ3n) is 2.55. The minimum Gasteiger partial charge on any atom is -0.485 e. The minimum atomic E-state index is -0.343. The molecule has 1 aromatic carbocycles. The van der Waals surface area contributed by atoms with E-state index in [1.165, 1.54) is 0 Å². The summed E-state index contributed by atoms with van der Waals surface area (Å²) in [5.41, 5.74) is 0.493. The van der Waals surface area contributed by atoms with Crippen LogP contribution in [0.2, 0.25) is 0 Å². The molecule has 0 N–H and O–H groups in total. The summed E-state index contributed by atoms with van der Waals surface area (Å²) in [6, 6.07) is 6.71. The Morgan fingerprint density at radius 2 is 2.00 bits per heavy atom. The van der Waals surface area contributed by atoms with Gasteiger partial charge in [-0.1, -0.05) is 12.1 Å². The van der Waals surface area contributed by atoms with Gasteiger partial charge >= 0.3 is 5.97 Å². The number of rotatable bonds is 6. The van der Waals surface area contributed by atoms with Gasteiger partial charge in [-0.2, -0.15) is 4.98 Å². The van der Waals surface area contributed by atoms with Crippen LogP contribution >= 0.6 is 0 Å². The molecule has 0 fully saturated rings. The molecule has 6 heteroatoms. The van der Waals surface area contributed by atoms with E-state index in [-0.39, 0.29) is 12.6 Å². The monoisotopic (exact) mass is 276 g/mol. The fourth-order valence-corrected chi connectivity index (χ4v) is 1.54. The molecule has 0 radical (unpaired) electrons. The molecule has 0 bridgehead atoms. The molecule has 0 atom stereocenters. The van der Waals surface area contributed by atoms with Crippen LogP contribution in [0.4, 0.5) is 0 Å². The maximum absolute atomic E-state index is 11.5. The molecular weight excluding hydrogens is 260 g/mol. The fraction of sp³-hybridized carbons (Fsp3) is 0.357. The number of esters is 1. The lowest BCUT2D eigenvalue weighted by atomic mass is 10.2. The van der Waals surface area contributed by atoms with Crippen LogP contribution in [0.15, 0.2) is 28.8 Å². The van der Waals surface area contributed by atoms with Crippen LogP contribution in [0, 0.1) is 0 Å². The largest absolute Gasteiger partial charge is 0.485 e. The van der Waals surface area contributed by atoms with Crippen molar-refractivity contribution in [1.29, 1.82) is 0 Å². The first-order chi connectivity index (χ1) is 9.72. The summed E-state index contributed by atoms with van der Waals surface area (Å²) >= 11 is 0. The SMILES string of the molecule is CCOC(=O)c1ccc(OCc2noc(CC)n2)cc1. The summed E-state index contributed by atoms with van der Waals surface area (Å²) in [5.74, 6) is 1.36. The van der Waals surface area contributed by atoms with Gasteiger partial charge in [-0.25, -0.2) is 4.79 Å². The van der Waals surface area contributed by atoms with Crippen molar-refractivity contribution in [1.82, 2.24) is 10.1 Å². The van der Waals surface area contributed by atoms with Gasteiger partial charge < -0.3 is 14.0 Å². The molecule has 0 aliphatic rings. The zero-order valence-electron chi connectivity index (χ0n) is 11.5. The molecule has 2 aromatic rings. The van der Waals surface area contributed by atoms with Crippen molar-refractivity contribution in [2.24, 2.45) is 0 Å². The van der Waals surface area contributed by atoms with Crippen molar-refractivity contribution in [2.45, 2.75) is 26.9 Å². The van der Waals surface area contributed by atoms with Gasteiger partial charge in [-0.15, -0.1) is 0 Å². The quantitative estimate of drug-likeness (QED) is 0.754. The first kappa shape index (κ1) is 14.0. The summed E-state index contributed by atoms with van der Waals surface area (Å²) in [6.45, 7) is 4.29. The van der Waals surface area contributed by atoms with Gasteiger partial charge in [0.25, 0.3) is 0 Å². The van der Waals surface area contributed by atoms with Gasteiger partial charge in [0, 0.05) is 6.42 Å². The maximum Gasteiger partial charge on any atom is 0.338 e. The van der Waals surface area contributed by atoms with E-state index in [1.54, 1.807) is 31.2 Å². The summed E-state index contributed by atoms with van der Waals surface area (Å²) in [7, 11) is 0. The first-order valence-electron chi connectivity index (χ1n) is 6.44. The van der Waals surface area contributed by atoms with E-state index in [0.717, 1.165) is 0 Å². The van der Waals surface area contributed by atoms with Gasteiger partial charge in [0.2, 0.25) is 11.7 Å². The minimum absolute atomic E-state index is 0.224. The number of aromatic nitrogens is 2. The molecule has 0 saturated heterocycles. The lowest BCUT2D eigenvalue weighted by molar-refractivity contribution is 0.0526. The molecule has 1 heterocycles. The smallest absolute Gasteiger partial charge is 0.338 e. The van der Waals surface area contributed by atoms with Crippen molar-refractivity contribution >= 4 is 5.97 Å². The predicted octanol–water partition coefficient (Wildman–Crippen LogP) is 2.39. The van der Waals surface area contributed by atoms with E-state index in [2.05, 4.69) is 10.1 Å². The average molecular weight is 276 g/mol.